The van der Waals surface area contributed by atoms with E-state index in [0.29, 0.717) is 27.9 Å². The van der Waals surface area contributed by atoms with Gasteiger partial charge in [-0.15, -0.1) is 0 Å². The van der Waals surface area contributed by atoms with Gasteiger partial charge >= 0.3 is 7.12 Å². The van der Waals surface area contributed by atoms with E-state index in [1.54, 1.807) is 42.5 Å². The van der Waals surface area contributed by atoms with Crippen LogP contribution in [0.25, 0.3) is 0 Å². The number of nitriles is 1. The quantitative estimate of drug-likeness (QED) is 0.663. The first-order valence-electron chi connectivity index (χ1n) is 5.87. The van der Waals surface area contributed by atoms with Crippen LogP contribution in [0, 0.1) is 11.3 Å². The zero-order valence-electron chi connectivity index (χ0n) is 10.5. The molecule has 2 aromatic carbocycles. The van der Waals surface area contributed by atoms with Crippen molar-refractivity contribution in [3.05, 3.63) is 53.6 Å². The molecule has 20 heavy (non-hydrogen) atoms. The molecule has 0 unspecified atom stereocenters. The summed E-state index contributed by atoms with van der Waals surface area (Å²) < 4.78 is 5.66. The van der Waals surface area contributed by atoms with Crippen LogP contribution in [-0.2, 0) is 5.33 Å². The van der Waals surface area contributed by atoms with Gasteiger partial charge in [-0.3, -0.25) is 0 Å². The van der Waals surface area contributed by atoms with Crippen molar-refractivity contribution in [1.29, 1.82) is 5.26 Å². The first-order chi connectivity index (χ1) is 9.63. The standard InChI is InChI=1S/C14H11BBrNO3/c16-8-11-7-13(5-6-14(11)15(18)19)20-12-3-1-10(9-17)2-4-12/h1-7,18-19H,8H2. The molecule has 0 bridgehead atoms. The van der Waals surface area contributed by atoms with Gasteiger partial charge in [0.25, 0.3) is 0 Å². The summed E-state index contributed by atoms with van der Waals surface area (Å²) in [7, 11) is -1.51. The Hall–Kier alpha value is -1.81. The summed E-state index contributed by atoms with van der Waals surface area (Å²) in [5, 5.41) is 27.7. The molecule has 6 heteroatoms. The van der Waals surface area contributed by atoms with Crippen LogP contribution in [0.3, 0.4) is 0 Å². The minimum Gasteiger partial charge on any atom is -0.457 e. The van der Waals surface area contributed by atoms with Crippen molar-refractivity contribution < 1.29 is 14.8 Å². The van der Waals surface area contributed by atoms with Crippen molar-refractivity contribution in [2.24, 2.45) is 0 Å². The summed E-state index contributed by atoms with van der Waals surface area (Å²) >= 11 is 3.30. The zero-order chi connectivity index (χ0) is 14.5. The van der Waals surface area contributed by atoms with Gasteiger partial charge in [-0.25, -0.2) is 0 Å². The highest BCUT2D eigenvalue weighted by Crippen LogP contribution is 2.22. The van der Waals surface area contributed by atoms with E-state index in [1.165, 1.54) is 0 Å². The smallest absolute Gasteiger partial charge is 0.457 e. The minimum absolute atomic E-state index is 0.439. The van der Waals surface area contributed by atoms with Crippen LogP contribution >= 0.6 is 15.9 Å². The van der Waals surface area contributed by atoms with Crippen molar-refractivity contribution in [1.82, 2.24) is 0 Å². The molecule has 2 rings (SSSR count). The third-order valence-electron chi connectivity index (χ3n) is 2.76. The van der Waals surface area contributed by atoms with Crippen molar-refractivity contribution >= 4 is 28.5 Å². The lowest BCUT2D eigenvalue weighted by molar-refractivity contribution is 0.425. The largest absolute Gasteiger partial charge is 0.488 e. The summed E-state index contributed by atoms with van der Waals surface area (Å²) in [5.74, 6) is 1.20. The number of ether oxygens (including phenoxy) is 1. The molecule has 0 amide bonds. The fourth-order valence-corrected chi connectivity index (χ4v) is 2.23. The van der Waals surface area contributed by atoms with Crippen LogP contribution in [0.1, 0.15) is 11.1 Å². The Balaban J connectivity index is 2.23. The number of nitrogens with zero attached hydrogens (tertiary/aromatic N) is 1. The molecule has 0 aliphatic heterocycles. The molecule has 0 atom stereocenters. The summed E-state index contributed by atoms with van der Waals surface area (Å²) in [5.41, 5.74) is 1.75. The third kappa shape index (κ3) is 3.39. The van der Waals surface area contributed by atoms with Crippen molar-refractivity contribution in [3.63, 3.8) is 0 Å². The maximum atomic E-state index is 9.24. The Morgan fingerprint density at radius 2 is 1.75 bits per heavy atom. The number of halogens is 1. The van der Waals surface area contributed by atoms with Gasteiger partial charge in [-0.05, 0) is 47.4 Å². The molecular formula is C14H11BBrNO3. The lowest BCUT2D eigenvalue weighted by Gasteiger charge is -2.10. The second kappa shape index (κ2) is 6.57. The van der Waals surface area contributed by atoms with Gasteiger partial charge in [0.15, 0.2) is 0 Å². The number of hydrogen-bond acceptors (Lipinski definition) is 4. The van der Waals surface area contributed by atoms with Crippen LogP contribution < -0.4 is 10.2 Å². The Bertz CT molecular complexity index is 638. The second-order valence-corrected chi connectivity index (χ2v) is 4.67. The molecular weight excluding hydrogens is 321 g/mol. The molecule has 0 saturated carbocycles. The number of rotatable bonds is 4. The third-order valence-corrected chi connectivity index (χ3v) is 3.36. The van der Waals surface area contributed by atoms with E-state index in [2.05, 4.69) is 15.9 Å². The maximum absolute atomic E-state index is 9.24. The molecule has 4 nitrogen and oxygen atoms in total. The molecule has 0 aliphatic rings. The summed E-state index contributed by atoms with van der Waals surface area (Å²) in [4.78, 5) is 0. The van der Waals surface area contributed by atoms with Gasteiger partial charge in [0.05, 0.1) is 11.6 Å². The molecule has 100 valence electrons. The van der Waals surface area contributed by atoms with E-state index in [0.717, 1.165) is 5.56 Å². The first-order valence-corrected chi connectivity index (χ1v) is 6.99. The van der Waals surface area contributed by atoms with Crippen LogP contribution in [-0.4, -0.2) is 17.2 Å². The highest BCUT2D eigenvalue weighted by Gasteiger charge is 2.16. The van der Waals surface area contributed by atoms with Gasteiger partial charge < -0.3 is 14.8 Å². The summed E-state index contributed by atoms with van der Waals surface area (Å²) in [6.45, 7) is 0. The number of benzene rings is 2. The van der Waals surface area contributed by atoms with E-state index in [4.69, 9.17) is 10.00 Å². The molecule has 0 spiro atoms. The monoisotopic (exact) mass is 331 g/mol. The maximum Gasteiger partial charge on any atom is 0.488 e. The van der Waals surface area contributed by atoms with Crippen molar-refractivity contribution in [2.75, 3.05) is 0 Å². The first kappa shape index (κ1) is 14.6. The van der Waals surface area contributed by atoms with Crippen LogP contribution in [0.5, 0.6) is 11.5 Å². The van der Waals surface area contributed by atoms with Gasteiger partial charge in [0.1, 0.15) is 11.5 Å². The fourth-order valence-electron chi connectivity index (χ4n) is 1.75. The lowest BCUT2D eigenvalue weighted by Crippen LogP contribution is -2.32. The molecule has 2 N–H and O–H groups in total. The Morgan fingerprint density at radius 3 is 2.30 bits per heavy atom. The van der Waals surface area contributed by atoms with E-state index in [9.17, 15) is 10.0 Å². The zero-order valence-corrected chi connectivity index (χ0v) is 12.0. The number of hydrogen-bond donors (Lipinski definition) is 2. The van der Waals surface area contributed by atoms with E-state index in [1.807, 2.05) is 6.07 Å². The highest BCUT2D eigenvalue weighted by atomic mass is 79.9. The fraction of sp³-hybridized carbons (Fsp3) is 0.0714. The van der Waals surface area contributed by atoms with Gasteiger partial charge in [-0.2, -0.15) is 5.26 Å². The average Bonchev–Trinajstić information content (AvgIpc) is 2.47. The van der Waals surface area contributed by atoms with E-state index < -0.39 is 7.12 Å². The predicted molar refractivity (Wildman–Crippen MR) is 80.1 cm³/mol. The Morgan fingerprint density at radius 1 is 1.10 bits per heavy atom. The van der Waals surface area contributed by atoms with Crippen LogP contribution in [0.4, 0.5) is 0 Å². The predicted octanol–water partition coefficient (Wildman–Crippen LogP) is 1.93. The van der Waals surface area contributed by atoms with Gasteiger partial charge in [0.2, 0.25) is 0 Å². The molecule has 0 saturated heterocycles. The van der Waals surface area contributed by atoms with E-state index in [-0.39, 0.29) is 0 Å². The van der Waals surface area contributed by atoms with Crippen molar-refractivity contribution in [2.45, 2.75) is 5.33 Å². The average molecular weight is 332 g/mol. The second-order valence-electron chi connectivity index (χ2n) is 4.11. The molecule has 0 aliphatic carbocycles. The van der Waals surface area contributed by atoms with Crippen molar-refractivity contribution in [3.8, 4) is 17.6 Å². The summed E-state index contributed by atoms with van der Waals surface area (Å²) in [6, 6.07) is 13.8. The highest BCUT2D eigenvalue weighted by molar-refractivity contribution is 9.08. The van der Waals surface area contributed by atoms with Gasteiger partial charge in [-0.1, -0.05) is 22.0 Å². The molecule has 2 aromatic rings. The number of alkyl halides is 1. The molecule has 0 aromatic heterocycles. The molecule has 0 fully saturated rings. The van der Waals surface area contributed by atoms with Crippen LogP contribution in [0.15, 0.2) is 42.5 Å². The molecule has 0 radical (unpaired) electrons. The van der Waals surface area contributed by atoms with Crippen LogP contribution in [0.2, 0.25) is 0 Å². The lowest BCUT2D eigenvalue weighted by atomic mass is 9.77. The van der Waals surface area contributed by atoms with E-state index >= 15 is 0 Å². The van der Waals surface area contributed by atoms with Gasteiger partial charge in [0, 0.05) is 5.33 Å². The normalized spacial score (nSPS) is 9.90. The minimum atomic E-state index is -1.51. The topological polar surface area (TPSA) is 73.5 Å². The molecule has 0 heterocycles. The Labute approximate surface area is 125 Å². The SMILES string of the molecule is N#Cc1ccc(Oc2ccc(B(O)O)c(CBr)c2)cc1. The Kier molecular flexibility index (Phi) is 4.80. The summed E-state index contributed by atoms with van der Waals surface area (Å²) in [6.07, 6.45) is 0.